The Bertz CT molecular complexity index is 780. The molecule has 0 saturated heterocycles. The second-order valence-electron chi connectivity index (χ2n) is 4.30. The first-order chi connectivity index (χ1) is 9.73. The van der Waals surface area contributed by atoms with Crippen molar-refractivity contribution >= 4 is 31.9 Å². The topological polar surface area (TPSA) is 117 Å². The maximum atomic E-state index is 12.4. The average Bonchev–Trinajstić information content (AvgIpc) is 2.95. The van der Waals surface area contributed by atoms with E-state index in [0.717, 1.165) is 4.31 Å². The van der Waals surface area contributed by atoms with Crippen LogP contribution in [-0.4, -0.2) is 41.0 Å². The SMILES string of the molecule is Cc1[nH]nc(S(=O)(=O)N(C)Cc2ccc(Br)o2)c1C(=O)O. The molecule has 0 aliphatic rings. The summed E-state index contributed by atoms with van der Waals surface area (Å²) in [5.74, 6) is -0.939. The van der Waals surface area contributed by atoms with Crippen LogP contribution < -0.4 is 0 Å². The first-order valence-corrected chi connectivity index (χ1v) is 7.95. The summed E-state index contributed by atoms with van der Waals surface area (Å²) < 4.78 is 31.5. The molecule has 0 amide bonds. The van der Waals surface area contributed by atoms with Crippen molar-refractivity contribution in [3.63, 3.8) is 0 Å². The third-order valence-corrected chi connectivity index (χ3v) is 4.95. The number of aromatic amines is 1. The molecular formula is C11H12BrN3O5S. The maximum Gasteiger partial charge on any atom is 0.340 e. The second kappa shape index (κ2) is 5.62. The molecule has 0 saturated carbocycles. The van der Waals surface area contributed by atoms with Gasteiger partial charge in [0.2, 0.25) is 5.03 Å². The number of halogens is 1. The van der Waals surface area contributed by atoms with Gasteiger partial charge in [0.1, 0.15) is 11.3 Å². The fourth-order valence-electron chi connectivity index (χ4n) is 1.73. The molecule has 0 aliphatic carbocycles. The quantitative estimate of drug-likeness (QED) is 0.816. The second-order valence-corrected chi connectivity index (χ2v) is 7.04. The summed E-state index contributed by atoms with van der Waals surface area (Å²) in [5, 5.41) is 14.6. The van der Waals surface area contributed by atoms with Crippen LogP contribution in [0, 0.1) is 6.92 Å². The number of aromatic carboxylic acids is 1. The lowest BCUT2D eigenvalue weighted by atomic mass is 10.3. The molecule has 2 N–H and O–H groups in total. The van der Waals surface area contributed by atoms with Crippen LogP contribution in [0.1, 0.15) is 21.8 Å². The number of carboxylic acid groups (broad SMARTS) is 1. The fourth-order valence-corrected chi connectivity index (χ4v) is 3.33. The zero-order valence-corrected chi connectivity index (χ0v) is 13.5. The number of rotatable bonds is 5. The highest BCUT2D eigenvalue weighted by molar-refractivity contribution is 9.10. The van der Waals surface area contributed by atoms with Gasteiger partial charge < -0.3 is 9.52 Å². The number of aromatic nitrogens is 2. The predicted molar refractivity (Wildman–Crippen MR) is 75.3 cm³/mol. The van der Waals surface area contributed by atoms with Crippen LogP contribution in [0.4, 0.5) is 0 Å². The lowest BCUT2D eigenvalue weighted by Crippen LogP contribution is -2.28. The number of carbonyl (C=O) groups is 1. The summed E-state index contributed by atoms with van der Waals surface area (Å²) in [7, 11) is -2.73. The Morgan fingerprint density at radius 1 is 1.52 bits per heavy atom. The van der Waals surface area contributed by atoms with E-state index < -0.39 is 21.0 Å². The van der Waals surface area contributed by atoms with Gasteiger partial charge in [-0.05, 0) is 35.0 Å². The molecule has 0 radical (unpaired) electrons. The van der Waals surface area contributed by atoms with Crippen molar-refractivity contribution in [2.24, 2.45) is 0 Å². The normalized spacial score (nSPS) is 12.0. The van der Waals surface area contributed by atoms with Crippen molar-refractivity contribution in [2.45, 2.75) is 18.5 Å². The minimum atomic E-state index is -4.05. The zero-order chi connectivity index (χ0) is 15.8. The molecule has 0 spiro atoms. The van der Waals surface area contributed by atoms with Crippen LogP contribution in [0.15, 0.2) is 26.2 Å². The van der Waals surface area contributed by atoms with E-state index in [2.05, 4.69) is 26.1 Å². The Kier molecular flexibility index (Phi) is 4.21. The van der Waals surface area contributed by atoms with E-state index in [-0.39, 0.29) is 17.8 Å². The van der Waals surface area contributed by atoms with E-state index in [1.807, 2.05) is 0 Å². The average molecular weight is 378 g/mol. The van der Waals surface area contributed by atoms with Crippen molar-refractivity contribution in [1.82, 2.24) is 14.5 Å². The Morgan fingerprint density at radius 3 is 2.71 bits per heavy atom. The third kappa shape index (κ3) is 3.01. The highest BCUT2D eigenvalue weighted by Crippen LogP contribution is 2.22. The molecule has 0 aliphatic heterocycles. The molecule has 2 aromatic heterocycles. The van der Waals surface area contributed by atoms with Gasteiger partial charge in [-0.15, -0.1) is 0 Å². The largest absolute Gasteiger partial charge is 0.478 e. The highest BCUT2D eigenvalue weighted by Gasteiger charge is 2.31. The molecule has 0 fully saturated rings. The summed E-state index contributed by atoms with van der Waals surface area (Å²) in [6.07, 6.45) is 0. The van der Waals surface area contributed by atoms with Crippen LogP contribution in [0.3, 0.4) is 0 Å². The third-order valence-electron chi connectivity index (χ3n) is 2.79. The van der Waals surface area contributed by atoms with E-state index >= 15 is 0 Å². The van der Waals surface area contributed by atoms with Crippen LogP contribution >= 0.6 is 15.9 Å². The number of H-pyrrole nitrogens is 1. The predicted octanol–water partition coefficient (Wildman–Crippen LogP) is 1.59. The number of nitrogens with one attached hydrogen (secondary N) is 1. The number of sulfonamides is 1. The Morgan fingerprint density at radius 2 is 2.19 bits per heavy atom. The maximum absolute atomic E-state index is 12.4. The van der Waals surface area contributed by atoms with Gasteiger partial charge in [0.05, 0.1) is 6.54 Å². The zero-order valence-electron chi connectivity index (χ0n) is 11.1. The molecule has 21 heavy (non-hydrogen) atoms. The van der Waals surface area contributed by atoms with E-state index in [0.29, 0.717) is 10.4 Å². The molecule has 0 aromatic carbocycles. The van der Waals surface area contributed by atoms with Gasteiger partial charge in [0.15, 0.2) is 4.67 Å². The lowest BCUT2D eigenvalue weighted by molar-refractivity contribution is 0.0691. The molecule has 0 atom stereocenters. The van der Waals surface area contributed by atoms with Gasteiger partial charge in [0.25, 0.3) is 10.0 Å². The summed E-state index contributed by atoms with van der Waals surface area (Å²) in [6.45, 7) is 1.40. The number of hydrogen-bond donors (Lipinski definition) is 2. The number of hydrogen-bond acceptors (Lipinski definition) is 5. The smallest absolute Gasteiger partial charge is 0.340 e. The van der Waals surface area contributed by atoms with Crippen molar-refractivity contribution < 1.29 is 22.7 Å². The Hall–Kier alpha value is -1.65. The Labute approximate surface area is 128 Å². The minimum absolute atomic E-state index is 0.0428. The van der Waals surface area contributed by atoms with Crippen LogP contribution in [-0.2, 0) is 16.6 Å². The van der Waals surface area contributed by atoms with Crippen LogP contribution in [0.25, 0.3) is 0 Å². The molecule has 0 unspecified atom stereocenters. The molecule has 114 valence electrons. The monoisotopic (exact) mass is 377 g/mol. The molecule has 10 heteroatoms. The number of carboxylic acids is 1. The van der Waals surface area contributed by atoms with Crippen molar-refractivity contribution in [2.75, 3.05) is 7.05 Å². The van der Waals surface area contributed by atoms with Crippen LogP contribution in [0.5, 0.6) is 0 Å². The molecular weight excluding hydrogens is 366 g/mol. The first-order valence-electron chi connectivity index (χ1n) is 5.72. The van der Waals surface area contributed by atoms with Gasteiger partial charge in [-0.2, -0.15) is 9.40 Å². The Balaban J connectivity index is 2.35. The van der Waals surface area contributed by atoms with Crippen LogP contribution in [0.2, 0.25) is 0 Å². The summed E-state index contributed by atoms with van der Waals surface area (Å²) in [4.78, 5) is 11.2. The van der Waals surface area contributed by atoms with Crippen molar-refractivity contribution in [3.8, 4) is 0 Å². The number of nitrogens with zero attached hydrogens (tertiary/aromatic N) is 2. The number of furan rings is 1. The van der Waals surface area contributed by atoms with Gasteiger partial charge in [-0.3, -0.25) is 5.10 Å². The van der Waals surface area contributed by atoms with Gasteiger partial charge in [-0.25, -0.2) is 13.2 Å². The molecule has 2 heterocycles. The van der Waals surface area contributed by atoms with E-state index in [1.165, 1.54) is 14.0 Å². The summed E-state index contributed by atoms with van der Waals surface area (Å²) in [5.41, 5.74) is -0.183. The van der Waals surface area contributed by atoms with E-state index in [9.17, 15) is 13.2 Å². The van der Waals surface area contributed by atoms with E-state index in [4.69, 9.17) is 9.52 Å². The fraction of sp³-hybridized carbons (Fsp3) is 0.273. The van der Waals surface area contributed by atoms with Crippen molar-refractivity contribution in [1.29, 1.82) is 0 Å². The standard InChI is InChI=1S/C11H12BrN3O5S/c1-6-9(11(16)17)10(14-13-6)21(18,19)15(2)5-7-3-4-8(12)20-7/h3-4H,5H2,1-2H3,(H,13,14)(H,16,17). The first kappa shape index (κ1) is 15.7. The highest BCUT2D eigenvalue weighted by atomic mass is 79.9. The molecule has 8 nitrogen and oxygen atoms in total. The van der Waals surface area contributed by atoms with Gasteiger partial charge >= 0.3 is 5.97 Å². The summed E-state index contributed by atoms with van der Waals surface area (Å²) >= 11 is 3.12. The minimum Gasteiger partial charge on any atom is -0.478 e. The number of aryl methyl sites for hydroxylation is 1. The van der Waals surface area contributed by atoms with Gasteiger partial charge in [0, 0.05) is 12.7 Å². The van der Waals surface area contributed by atoms with E-state index in [1.54, 1.807) is 12.1 Å². The molecule has 0 bridgehead atoms. The summed E-state index contributed by atoms with van der Waals surface area (Å²) in [6, 6.07) is 3.25. The molecule has 2 rings (SSSR count). The lowest BCUT2D eigenvalue weighted by Gasteiger charge is -2.14. The van der Waals surface area contributed by atoms with Gasteiger partial charge in [-0.1, -0.05) is 0 Å². The molecule has 2 aromatic rings. The van der Waals surface area contributed by atoms with Crippen molar-refractivity contribution in [3.05, 3.63) is 33.8 Å².